The van der Waals surface area contributed by atoms with E-state index in [2.05, 4.69) is 32.4 Å². The Bertz CT molecular complexity index is 540. The smallest absolute Gasteiger partial charge is 0.243 e. The van der Waals surface area contributed by atoms with Crippen LogP contribution in [-0.4, -0.2) is 31.1 Å². The van der Waals surface area contributed by atoms with Gasteiger partial charge in [0.25, 0.3) is 0 Å². The van der Waals surface area contributed by atoms with Crippen LogP contribution in [0.1, 0.15) is 5.69 Å². The minimum atomic E-state index is -0.246. The van der Waals surface area contributed by atoms with Crippen molar-refractivity contribution in [1.29, 1.82) is 0 Å². The van der Waals surface area contributed by atoms with Gasteiger partial charge in [-0.1, -0.05) is 6.58 Å². The molecule has 0 unspecified atom stereocenters. The van der Waals surface area contributed by atoms with Gasteiger partial charge in [-0.15, -0.1) is 0 Å². The summed E-state index contributed by atoms with van der Waals surface area (Å²) in [5.41, 5.74) is 2.17. The molecule has 2 heterocycles. The van der Waals surface area contributed by atoms with Gasteiger partial charge in [-0.05, 0) is 12.1 Å². The Morgan fingerprint density at radius 2 is 2.47 bits per heavy atom. The second kappa shape index (κ2) is 4.60. The molecular formula is C10H12N6O. The van der Waals surface area contributed by atoms with E-state index in [1.54, 1.807) is 10.9 Å². The molecule has 0 bridgehead atoms. The van der Waals surface area contributed by atoms with Crippen LogP contribution in [0.2, 0.25) is 0 Å². The fourth-order valence-corrected chi connectivity index (χ4v) is 1.43. The lowest BCUT2D eigenvalue weighted by Gasteiger charge is -2.02. The molecule has 2 rings (SSSR count). The summed E-state index contributed by atoms with van der Waals surface area (Å²) in [5.74, 6) is -0.246. The largest absolute Gasteiger partial charge is 0.347 e. The molecule has 0 aliphatic carbocycles. The predicted octanol–water partition coefficient (Wildman–Crippen LogP) is 0.00740. The average molecular weight is 232 g/mol. The second-order valence-electron chi connectivity index (χ2n) is 3.38. The first-order valence-corrected chi connectivity index (χ1v) is 5.00. The van der Waals surface area contributed by atoms with Crippen molar-refractivity contribution in [3.63, 3.8) is 0 Å². The highest BCUT2D eigenvalue weighted by Gasteiger charge is 2.13. The Hall–Kier alpha value is -2.44. The fourth-order valence-electron chi connectivity index (χ4n) is 1.43. The molecule has 88 valence electrons. The molecule has 0 radical (unpaired) electrons. The van der Waals surface area contributed by atoms with Crippen LogP contribution in [0.4, 0.5) is 0 Å². The molecule has 0 aliphatic heterocycles. The third-order valence-corrected chi connectivity index (χ3v) is 2.30. The van der Waals surface area contributed by atoms with Crippen LogP contribution >= 0.6 is 0 Å². The van der Waals surface area contributed by atoms with E-state index < -0.39 is 0 Å². The van der Waals surface area contributed by atoms with Crippen molar-refractivity contribution in [1.82, 2.24) is 30.5 Å². The topological polar surface area (TPSA) is 88.5 Å². The number of nitrogens with one attached hydrogen (secondary N) is 2. The normalized spacial score (nSPS) is 10.2. The van der Waals surface area contributed by atoms with Gasteiger partial charge < -0.3 is 5.32 Å². The number of aromatic amines is 1. The summed E-state index contributed by atoms with van der Waals surface area (Å²) in [6.07, 6.45) is 2.89. The summed E-state index contributed by atoms with van der Waals surface area (Å²) in [4.78, 5) is 11.1. The number of rotatable bonds is 4. The molecule has 0 aliphatic rings. The van der Waals surface area contributed by atoms with Crippen molar-refractivity contribution in [2.75, 3.05) is 0 Å². The third kappa shape index (κ3) is 2.22. The molecule has 0 atom stereocenters. The monoisotopic (exact) mass is 232 g/mol. The minimum Gasteiger partial charge on any atom is -0.347 e. The zero-order valence-electron chi connectivity index (χ0n) is 9.34. The van der Waals surface area contributed by atoms with Crippen LogP contribution in [0, 0.1) is 0 Å². The maximum Gasteiger partial charge on any atom is 0.243 e. The SMILES string of the molecule is C=CC(=O)NCc1n[nH]nc1-c1ccnn1C. The Morgan fingerprint density at radius 3 is 3.12 bits per heavy atom. The number of hydrogen-bond donors (Lipinski definition) is 2. The lowest BCUT2D eigenvalue weighted by molar-refractivity contribution is -0.116. The van der Waals surface area contributed by atoms with Crippen LogP contribution in [0.25, 0.3) is 11.4 Å². The number of hydrogen-bond acceptors (Lipinski definition) is 4. The van der Waals surface area contributed by atoms with Crippen LogP contribution in [0.15, 0.2) is 24.9 Å². The van der Waals surface area contributed by atoms with Gasteiger partial charge in [0.1, 0.15) is 11.4 Å². The number of carbonyl (C=O) groups is 1. The van der Waals surface area contributed by atoms with Gasteiger partial charge in [0.2, 0.25) is 5.91 Å². The molecule has 2 aromatic heterocycles. The van der Waals surface area contributed by atoms with Crippen LogP contribution in [-0.2, 0) is 18.4 Å². The van der Waals surface area contributed by atoms with E-state index in [1.165, 1.54) is 6.08 Å². The van der Waals surface area contributed by atoms with Crippen molar-refractivity contribution in [3.05, 3.63) is 30.6 Å². The number of aryl methyl sites for hydroxylation is 1. The third-order valence-electron chi connectivity index (χ3n) is 2.30. The zero-order chi connectivity index (χ0) is 12.3. The Morgan fingerprint density at radius 1 is 1.65 bits per heavy atom. The highest BCUT2D eigenvalue weighted by molar-refractivity contribution is 5.86. The number of nitrogens with zero attached hydrogens (tertiary/aromatic N) is 4. The van der Waals surface area contributed by atoms with E-state index in [9.17, 15) is 4.79 Å². The van der Waals surface area contributed by atoms with Crippen LogP contribution in [0.3, 0.4) is 0 Å². The van der Waals surface area contributed by atoms with Crippen molar-refractivity contribution in [2.24, 2.45) is 7.05 Å². The van der Waals surface area contributed by atoms with E-state index >= 15 is 0 Å². The van der Waals surface area contributed by atoms with E-state index in [-0.39, 0.29) is 5.91 Å². The highest BCUT2D eigenvalue weighted by atomic mass is 16.1. The van der Waals surface area contributed by atoms with Gasteiger partial charge in [0.15, 0.2) is 0 Å². The minimum absolute atomic E-state index is 0.246. The van der Waals surface area contributed by atoms with E-state index in [0.29, 0.717) is 17.9 Å². The lowest BCUT2D eigenvalue weighted by atomic mass is 10.2. The van der Waals surface area contributed by atoms with Crippen molar-refractivity contribution >= 4 is 5.91 Å². The molecule has 0 aromatic carbocycles. The number of H-pyrrole nitrogens is 1. The number of carbonyl (C=O) groups excluding carboxylic acids is 1. The Balaban J connectivity index is 2.20. The maximum atomic E-state index is 11.1. The molecule has 2 aromatic rings. The van der Waals surface area contributed by atoms with Crippen molar-refractivity contribution < 1.29 is 4.79 Å². The van der Waals surface area contributed by atoms with Gasteiger partial charge in [0.05, 0.1) is 12.2 Å². The van der Waals surface area contributed by atoms with Crippen LogP contribution < -0.4 is 5.32 Å². The molecule has 2 N–H and O–H groups in total. The van der Waals surface area contributed by atoms with Gasteiger partial charge >= 0.3 is 0 Å². The molecule has 7 nitrogen and oxygen atoms in total. The first kappa shape index (κ1) is 11.1. The summed E-state index contributed by atoms with van der Waals surface area (Å²) in [6.45, 7) is 3.67. The number of amides is 1. The summed E-state index contributed by atoms with van der Waals surface area (Å²) >= 11 is 0. The van der Waals surface area contributed by atoms with E-state index in [0.717, 1.165) is 5.69 Å². The Labute approximate surface area is 97.5 Å². The first-order valence-electron chi connectivity index (χ1n) is 5.00. The maximum absolute atomic E-state index is 11.1. The first-order chi connectivity index (χ1) is 8.22. The lowest BCUT2D eigenvalue weighted by Crippen LogP contribution is -2.20. The van der Waals surface area contributed by atoms with Crippen molar-refractivity contribution in [3.8, 4) is 11.4 Å². The van der Waals surface area contributed by atoms with Gasteiger partial charge in [-0.3, -0.25) is 9.48 Å². The zero-order valence-corrected chi connectivity index (χ0v) is 9.34. The molecule has 0 saturated carbocycles. The van der Waals surface area contributed by atoms with Crippen LogP contribution in [0.5, 0.6) is 0 Å². The summed E-state index contributed by atoms with van der Waals surface area (Å²) in [7, 11) is 1.82. The molecule has 0 spiro atoms. The Kier molecular flexibility index (Phi) is 2.99. The number of aromatic nitrogens is 5. The highest BCUT2D eigenvalue weighted by Crippen LogP contribution is 2.17. The van der Waals surface area contributed by atoms with E-state index in [4.69, 9.17) is 0 Å². The molecule has 17 heavy (non-hydrogen) atoms. The fraction of sp³-hybridized carbons (Fsp3) is 0.200. The summed E-state index contributed by atoms with van der Waals surface area (Å²) in [6, 6.07) is 1.83. The average Bonchev–Trinajstić information content (AvgIpc) is 2.93. The molecule has 0 saturated heterocycles. The quantitative estimate of drug-likeness (QED) is 0.727. The standard InChI is InChI=1S/C10H12N6O/c1-3-9(17)11-6-7-10(14-15-13-7)8-4-5-12-16(8)2/h3-5H,1,6H2,2H3,(H,11,17)(H,13,14,15). The summed E-state index contributed by atoms with van der Waals surface area (Å²) in [5, 5.41) is 17.3. The molecule has 7 heteroatoms. The molecular weight excluding hydrogens is 220 g/mol. The second-order valence-corrected chi connectivity index (χ2v) is 3.38. The van der Waals surface area contributed by atoms with E-state index in [1.807, 2.05) is 13.1 Å². The summed E-state index contributed by atoms with van der Waals surface area (Å²) < 4.78 is 1.69. The predicted molar refractivity (Wildman–Crippen MR) is 60.6 cm³/mol. The van der Waals surface area contributed by atoms with Gasteiger partial charge in [0, 0.05) is 13.2 Å². The van der Waals surface area contributed by atoms with Crippen molar-refractivity contribution in [2.45, 2.75) is 6.54 Å². The van der Waals surface area contributed by atoms with Gasteiger partial charge in [-0.25, -0.2) is 0 Å². The van der Waals surface area contributed by atoms with Gasteiger partial charge in [-0.2, -0.15) is 20.5 Å². The molecule has 0 fully saturated rings. The molecule has 1 amide bonds.